The predicted octanol–water partition coefficient (Wildman–Crippen LogP) is 0.462. The Morgan fingerprint density at radius 2 is 1.68 bits per heavy atom. The predicted molar refractivity (Wildman–Crippen MR) is 106 cm³/mol. The third kappa shape index (κ3) is 10.5. The van der Waals surface area contributed by atoms with E-state index in [1.54, 1.807) is 20.0 Å². The van der Waals surface area contributed by atoms with Gasteiger partial charge >= 0.3 is 165 Å². The number of nitrogens with zero attached hydrogens (tertiary/aromatic N) is 1. The molecule has 0 aliphatic heterocycles. The second kappa shape index (κ2) is 11.4. The first-order valence-corrected chi connectivity index (χ1v) is 17.0. The van der Waals surface area contributed by atoms with Gasteiger partial charge in [-0.25, -0.2) is 0 Å². The molecule has 0 fully saturated rings. The Balaban J connectivity index is 2.71. The summed E-state index contributed by atoms with van der Waals surface area (Å²) in [6, 6.07) is 8.31. The van der Waals surface area contributed by atoms with Crippen molar-refractivity contribution in [1.29, 1.82) is 0 Å². The summed E-state index contributed by atoms with van der Waals surface area (Å²) in [7, 11) is 5.36. The Labute approximate surface area is 164 Å². The Bertz CT molecular complexity index is 608. The fourth-order valence-electron chi connectivity index (χ4n) is 1.64. The molecule has 12 heteroatoms. The molecule has 0 bridgehead atoms. The zero-order valence-electron chi connectivity index (χ0n) is 14.1. The minimum absolute atomic E-state index is 0.295. The van der Waals surface area contributed by atoms with E-state index in [1.807, 2.05) is 0 Å². The molecule has 7 nitrogen and oxygen atoms in total. The van der Waals surface area contributed by atoms with Crippen molar-refractivity contribution in [2.24, 2.45) is 0 Å². The summed E-state index contributed by atoms with van der Waals surface area (Å²) in [5.41, 5.74) is 1.17. The quantitative estimate of drug-likeness (QED) is 0.0787. The third-order valence-corrected chi connectivity index (χ3v) is 18.1. The zero-order chi connectivity index (χ0) is 18.9. The van der Waals surface area contributed by atoms with Gasteiger partial charge in [0.15, 0.2) is 0 Å². The van der Waals surface area contributed by atoms with Crippen molar-refractivity contribution in [3.63, 3.8) is 0 Å². The Morgan fingerprint density at radius 3 is 2.20 bits per heavy atom. The van der Waals surface area contributed by atoms with Crippen molar-refractivity contribution in [3.8, 4) is 0 Å². The first kappa shape index (κ1) is 23.6. The molecule has 0 aliphatic rings. The van der Waals surface area contributed by atoms with Crippen molar-refractivity contribution < 1.29 is 27.6 Å². The van der Waals surface area contributed by atoms with E-state index < -0.39 is 22.5 Å². The van der Waals surface area contributed by atoms with Crippen LogP contribution < -0.4 is 14.1 Å². The molecule has 144 valence electrons. The third-order valence-electron chi connectivity index (χ3n) is 2.83. The van der Waals surface area contributed by atoms with Gasteiger partial charge in [-0.2, -0.15) is 0 Å². The van der Waals surface area contributed by atoms with E-state index in [2.05, 4.69) is 54.8 Å². The molecule has 0 amide bonds. The zero-order valence-corrected chi connectivity index (χ0v) is 19.3. The van der Waals surface area contributed by atoms with Gasteiger partial charge in [0.05, 0.1) is 0 Å². The molecule has 0 radical (unpaired) electrons. The van der Waals surface area contributed by atoms with Crippen LogP contribution in [-0.4, -0.2) is 69.5 Å². The molecule has 0 N–H and O–H groups in total. The summed E-state index contributed by atoms with van der Waals surface area (Å²) in [6.45, 7) is 0. The number of quaternary nitrogens is 1. The standard InChI is InChI=1S/C13H22AsNO6S4/c1-15(2,3)13-6-4-12(5-7-13)14(22-8-9-24-21-20-16)23-10-11-25(17,18)19/h4-7H,8-11H2,1-3H3,(H-,16,17,18,19)/p-1. The maximum atomic E-state index is 10.8. The van der Waals surface area contributed by atoms with E-state index in [1.165, 1.54) is 10.0 Å². The number of benzene rings is 1. The summed E-state index contributed by atoms with van der Waals surface area (Å²) in [6.07, 6.45) is 0. The Hall–Kier alpha value is 0.578. The van der Waals surface area contributed by atoms with Gasteiger partial charge in [0.2, 0.25) is 0 Å². The Morgan fingerprint density at radius 1 is 1.08 bits per heavy atom. The second-order valence-corrected chi connectivity index (χ2v) is 19.7. The molecule has 1 aromatic carbocycles. The summed E-state index contributed by atoms with van der Waals surface area (Å²) in [5, 5.41) is 13.1. The van der Waals surface area contributed by atoms with Crippen molar-refractivity contribution >= 4 is 64.6 Å². The topological polar surface area (TPSA) is 98.7 Å². The van der Waals surface area contributed by atoms with Crippen LogP contribution in [0.3, 0.4) is 0 Å². The first-order valence-electron chi connectivity index (χ1n) is 7.13. The van der Waals surface area contributed by atoms with Crippen molar-refractivity contribution in [2.75, 3.05) is 44.2 Å². The molecule has 1 unspecified atom stereocenters. The van der Waals surface area contributed by atoms with Gasteiger partial charge in [-0.05, 0) is 0 Å². The fraction of sp³-hybridized carbons (Fsp3) is 0.538. The van der Waals surface area contributed by atoms with Crippen molar-refractivity contribution in [3.05, 3.63) is 24.3 Å². The summed E-state index contributed by atoms with van der Waals surface area (Å²) < 4.78 is 38.6. The van der Waals surface area contributed by atoms with Crippen LogP contribution in [0.2, 0.25) is 0 Å². The van der Waals surface area contributed by atoms with E-state index >= 15 is 0 Å². The summed E-state index contributed by atoms with van der Waals surface area (Å²) in [5.74, 6) is 1.25. The van der Waals surface area contributed by atoms with Gasteiger partial charge < -0.3 is 0 Å². The van der Waals surface area contributed by atoms with Crippen LogP contribution in [0.5, 0.6) is 0 Å². The van der Waals surface area contributed by atoms with Crippen LogP contribution in [0.1, 0.15) is 0 Å². The van der Waals surface area contributed by atoms with Gasteiger partial charge in [-0.3, -0.25) is 0 Å². The van der Waals surface area contributed by atoms with Crippen molar-refractivity contribution in [1.82, 2.24) is 4.48 Å². The fourth-order valence-corrected chi connectivity index (χ4v) is 17.0. The summed E-state index contributed by atoms with van der Waals surface area (Å²) in [4.78, 5) is 0. The maximum absolute atomic E-state index is 10.8. The SMILES string of the molecule is C[N+](C)(C)c1ccc([As](SCCSOO[O-])SCCS(=O)(=O)[O-])cc1. The van der Waals surface area contributed by atoms with Gasteiger partial charge in [0.1, 0.15) is 0 Å². The van der Waals surface area contributed by atoms with Crippen LogP contribution >= 0.6 is 32.1 Å². The first-order chi connectivity index (χ1) is 11.6. The van der Waals surface area contributed by atoms with E-state index in [0.717, 1.165) is 17.8 Å². The number of hydrogen-bond acceptors (Lipinski definition) is 9. The van der Waals surface area contributed by atoms with E-state index in [9.17, 15) is 18.2 Å². The van der Waals surface area contributed by atoms with Crippen LogP contribution in [-0.2, 0) is 19.5 Å². The Kier molecular flexibility index (Phi) is 10.8. The van der Waals surface area contributed by atoms with Crippen molar-refractivity contribution in [2.45, 2.75) is 0 Å². The molecule has 0 aromatic heterocycles. The van der Waals surface area contributed by atoms with E-state index in [0.29, 0.717) is 16.0 Å². The molecule has 25 heavy (non-hydrogen) atoms. The van der Waals surface area contributed by atoms with Crippen LogP contribution in [0, 0.1) is 0 Å². The molecular weight excluding hydrogens is 469 g/mol. The van der Waals surface area contributed by atoms with E-state index in [-0.39, 0.29) is 5.75 Å². The van der Waals surface area contributed by atoms with Crippen LogP contribution in [0.15, 0.2) is 24.3 Å². The molecule has 1 rings (SSSR count). The molecule has 0 spiro atoms. The normalized spacial score (nSPS) is 13.8. The molecule has 0 heterocycles. The molecule has 1 aromatic rings. The summed E-state index contributed by atoms with van der Waals surface area (Å²) >= 11 is -0.716. The van der Waals surface area contributed by atoms with Gasteiger partial charge in [-0.1, -0.05) is 0 Å². The molecule has 1 atom stereocenters. The van der Waals surface area contributed by atoms with Gasteiger partial charge in [0.25, 0.3) is 0 Å². The van der Waals surface area contributed by atoms with Gasteiger partial charge in [0, 0.05) is 0 Å². The second-order valence-electron chi connectivity index (χ2n) is 5.67. The van der Waals surface area contributed by atoms with E-state index in [4.69, 9.17) is 0 Å². The number of rotatable bonds is 12. The van der Waals surface area contributed by atoms with Crippen LogP contribution in [0.4, 0.5) is 5.69 Å². The minimum atomic E-state index is -4.20. The molecular formula is C13H21AsNO6S4-. The molecule has 0 saturated heterocycles. The number of hydrogen-bond donors (Lipinski definition) is 0. The van der Waals surface area contributed by atoms with Gasteiger partial charge in [-0.15, -0.1) is 0 Å². The monoisotopic (exact) mass is 490 g/mol. The molecule has 0 saturated carbocycles. The average molecular weight is 491 g/mol. The average Bonchev–Trinajstić information content (AvgIpc) is 2.51. The molecule has 0 aliphatic carbocycles. The van der Waals surface area contributed by atoms with Crippen LogP contribution in [0.25, 0.3) is 0 Å².